The molecule has 29 heavy (non-hydrogen) atoms. The van der Waals surface area contributed by atoms with E-state index in [4.69, 9.17) is 9.47 Å². The fourth-order valence-electron chi connectivity index (χ4n) is 5.28. The summed E-state index contributed by atoms with van der Waals surface area (Å²) >= 11 is 0. The highest BCUT2D eigenvalue weighted by Gasteiger charge is 2.40. The first-order valence-corrected chi connectivity index (χ1v) is 11.1. The quantitative estimate of drug-likeness (QED) is 0.650. The molecule has 1 atom stereocenters. The van der Waals surface area contributed by atoms with E-state index in [2.05, 4.69) is 34.9 Å². The molecule has 1 aliphatic carbocycles. The van der Waals surface area contributed by atoms with E-state index in [1.165, 1.54) is 63.6 Å². The van der Waals surface area contributed by atoms with Crippen molar-refractivity contribution < 1.29 is 9.47 Å². The van der Waals surface area contributed by atoms with E-state index in [0.717, 1.165) is 45.2 Å². The Morgan fingerprint density at radius 1 is 1.00 bits per heavy atom. The monoisotopic (exact) mass is 444 g/mol. The maximum atomic E-state index is 6.08. The van der Waals surface area contributed by atoms with Crippen LogP contribution in [0.3, 0.4) is 0 Å². The third-order valence-corrected chi connectivity index (χ3v) is 6.82. The van der Waals surface area contributed by atoms with Crippen molar-refractivity contribution in [2.24, 2.45) is 0 Å². The zero-order chi connectivity index (χ0) is 18.5. The number of nitrogens with zero attached hydrogens (tertiary/aromatic N) is 2. The number of likely N-dealkylation sites (tertiary alicyclic amines) is 1. The number of piperidine rings is 1. The van der Waals surface area contributed by atoms with Gasteiger partial charge < -0.3 is 9.47 Å². The molecule has 1 spiro atoms. The van der Waals surface area contributed by atoms with Crippen LogP contribution in [0.1, 0.15) is 50.2 Å². The molecule has 0 N–H and O–H groups in total. The second-order valence-electron chi connectivity index (χ2n) is 8.58. The van der Waals surface area contributed by atoms with Gasteiger partial charge in [0.1, 0.15) is 12.4 Å². The van der Waals surface area contributed by atoms with Crippen molar-refractivity contribution in [3.63, 3.8) is 0 Å². The highest BCUT2D eigenvalue weighted by Crippen LogP contribution is 2.40. The minimum absolute atomic E-state index is 0. The summed E-state index contributed by atoms with van der Waals surface area (Å²) in [6.07, 6.45) is 9.18. The summed E-state index contributed by atoms with van der Waals surface area (Å²) in [7, 11) is 0. The van der Waals surface area contributed by atoms with Crippen molar-refractivity contribution in [2.75, 3.05) is 52.5 Å². The van der Waals surface area contributed by atoms with Crippen LogP contribution in [-0.4, -0.2) is 67.9 Å². The van der Waals surface area contributed by atoms with Crippen molar-refractivity contribution in [3.05, 3.63) is 29.3 Å². The molecule has 2 aliphatic heterocycles. The van der Waals surface area contributed by atoms with E-state index in [0.29, 0.717) is 5.54 Å². The number of aryl methyl sites for hydroxylation is 1. The normalized spacial score (nSPS) is 25.0. The highest BCUT2D eigenvalue weighted by molar-refractivity contribution is 5.85. The van der Waals surface area contributed by atoms with Gasteiger partial charge in [0.25, 0.3) is 0 Å². The predicted octanol–water partition coefficient (Wildman–Crippen LogP) is 4.36. The van der Waals surface area contributed by atoms with Gasteiger partial charge in [-0.2, -0.15) is 0 Å². The Bertz CT molecular complexity index is 623. The highest BCUT2D eigenvalue weighted by atomic mass is 35.5. The van der Waals surface area contributed by atoms with E-state index in [1.807, 2.05) is 0 Å². The van der Waals surface area contributed by atoms with Crippen LogP contribution in [0, 0.1) is 0 Å². The molecule has 1 unspecified atom stereocenters. The van der Waals surface area contributed by atoms with Crippen LogP contribution in [0.4, 0.5) is 0 Å². The maximum absolute atomic E-state index is 6.08. The summed E-state index contributed by atoms with van der Waals surface area (Å²) in [4.78, 5) is 5.24. The molecule has 4 rings (SSSR count). The molecule has 0 bridgehead atoms. The molecule has 6 heteroatoms. The second kappa shape index (κ2) is 11.8. The smallest absolute Gasteiger partial charge is 0.119 e. The third-order valence-electron chi connectivity index (χ3n) is 6.82. The molecule has 2 heterocycles. The molecule has 1 aromatic rings. The fourth-order valence-corrected chi connectivity index (χ4v) is 5.28. The second-order valence-corrected chi connectivity index (χ2v) is 8.58. The van der Waals surface area contributed by atoms with E-state index >= 15 is 0 Å². The van der Waals surface area contributed by atoms with E-state index in [9.17, 15) is 0 Å². The van der Waals surface area contributed by atoms with Crippen LogP contribution >= 0.6 is 24.8 Å². The summed E-state index contributed by atoms with van der Waals surface area (Å²) < 4.78 is 11.5. The van der Waals surface area contributed by atoms with Gasteiger partial charge in [0.05, 0.1) is 13.2 Å². The zero-order valence-corrected chi connectivity index (χ0v) is 19.5. The van der Waals surface area contributed by atoms with Gasteiger partial charge in [-0.3, -0.25) is 9.80 Å². The SMILES string of the molecule is CCCN1CCCCC12CCc1cc(OCCN3CCOCC3)ccc1C2.Cl.Cl. The van der Waals surface area contributed by atoms with Gasteiger partial charge in [0.15, 0.2) is 0 Å². The lowest BCUT2D eigenvalue weighted by atomic mass is 9.72. The van der Waals surface area contributed by atoms with E-state index < -0.39 is 0 Å². The average Bonchev–Trinajstić information content (AvgIpc) is 2.71. The van der Waals surface area contributed by atoms with E-state index in [1.54, 1.807) is 5.56 Å². The number of hydrogen-bond acceptors (Lipinski definition) is 4. The minimum atomic E-state index is 0. The largest absolute Gasteiger partial charge is 0.492 e. The Balaban J connectivity index is 0.00000150. The number of rotatable bonds is 6. The number of benzene rings is 1. The molecule has 0 aromatic heterocycles. The van der Waals surface area contributed by atoms with Gasteiger partial charge >= 0.3 is 0 Å². The minimum Gasteiger partial charge on any atom is -0.492 e. The molecule has 1 aromatic carbocycles. The zero-order valence-electron chi connectivity index (χ0n) is 17.9. The van der Waals surface area contributed by atoms with Crippen LogP contribution in [0.2, 0.25) is 0 Å². The predicted molar refractivity (Wildman–Crippen MR) is 124 cm³/mol. The number of halogens is 2. The standard InChI is InChI=1S/C23H36N2O2.2ClH/c1-2-10-25-11-4-3-8-23(25)9-7-20-18-22(6-5-21(20)19-23)27-17-14-24-12-15-26-16-13-24;;/h5-6,18H,2-4,7-17,19H2,1H3;2*1H. The molecule has 2 fully saturated rings. The molecule has 0 saturated carbocycles. The number of fused-ring (bicyclic) bond motifs is 1. The molecule has 3 aliphatic rings. The number of ether oxygens (including phenoxy) is 2. The first-order chi connectivity index (χ1) is 13.3. The van der Waals surface area contributed by atoms with Crippen molar-refractivity contribution in [1.82, 2.24) is 9.80 Å². The lowest BCUT2D eigenvalue weighted by molar-refractivity contribution is 0.0319. The average molecular weight is 445 g/mol. The number of hydrogen-bond donors (Lipinski definition) is 0. The molecule has 0 amide bonds. The van der Waals surface area contributed by atoms with Gasteiger partial charge in [-0.15, -0.1) is 24.8 Å². The van der Waals surface area contributed by atoms with Gasteiger partial charge in [-0.05, 0) is 74.9 Å². The Hall–Kier alpha value is -0.520. The van der Waals surface area contributed by atoms with Crippen molar-refractivity contribution >= 4 is 24.8 Å². The molecule has 2 saturated heterocycles. The number of morpholine rings is 1. The first kappa shape index (κ1) is 24.7. The first-order valence-electron chi connectivity index (χ1n) is 11.1. The molecule has 4 nitrogen and oxygen atoms in total. The summed E-state index contributed by atoms with van der Waals surface area (Å²) in [5.41, 5.74) is 3.51. The fraction of sp³-hybridized carbons (Fsp3) is 0.739. The summed E-state index contributed by atoms with van der Waals surface area (Å²) in [6, 6.07) is 6.86. The molecule has 166 valence electrons. The van der Waals surface area contributed by atoms with Crippen LogP contribution in [-0.2, 0) is 17.6 Å². The lowest BCUT2D eigenvalue weighted by Crippen LogP contribution is -2.55. The third kappa shape index (κ3) is 6.01. The van der Waals surface area contributed by atoms with Gasteiger partial charge in [-0.1, -0.05) is 19.4 Å². The lowest BCUT2D eigenvalue weighted by Gasteiger charge is -2.50. The van der Waals surface area contributed by atoms with Crippen molar-refractivity contribution in [3.8, 4) is 5.75 Å². The Morgan fingerprint density at radius 3 is 2.62 bits per heavy atom. The van der Waals surface area contributed by atoms with E-state index in [-0.39, 0.29) is 24.8 Å². The summed E-state index contributed by atoms with van der Waals surface area (Å²) in [5.74, 6) is 1.05. The van der Waals surface area contributed by atoms with Crippen LogP contribution < -0.4 is 4.74 Å². The Kier molecular flexibility index (Phi) is 10.0. The maximum Gasteiger partial charge on any atom is 0.119 e. The Labute approximate surface area is 189 Å². The molecular weight excluding hydrogens is 407 g/mol. The van der Waals surface area contributed by atoms with Gasteiger partial charge in [-0.25, -0.2) is 0 Å². The van der Waals surface area contributed by atoms with Crippen LogP contribution in [0.15, 0.2) is 18.2 Å². The van der Waals surface area contributed by atoms with Crippen LogP contribution in [0.25, 0.3) is 0 Å². The van der Waals surface area contributed by atoms with Crippen molar-refractivity contribution in [1.29, 1.82) is 0 Å². The topological polar surface area (TPSA) is 24.9 Å². The van der Waals surface area contributed by atoms with Gasteiger partial charge in [0.2, 0.25) is 0 Å². The molecular formula is C23H38Cl2N2O2. The van der Waals surface area contributed by atoms with Gasteiger partial charge in [0, 0.05) is 25.2 Å². The summed E-state index contributed by atoms with van der Waals surface area (Å²) in [6.45, 7) is 10.4. The molecule has 0 radical (unpaired) electrons. The summed E-state index contributed by atoms with van der Waals surface area (Å²) in [5, 5.41) is 0. The Morgan fingerprint density at radius 2 is 1.83 bits per heavy atom. The van der Waals surface area contributed by atoms with Crippen LogP contribution in [0.5, 0.6) is 5.75 Å². The van der Waals surface area contributed by atoms with Crippen molar-refractivity contribution in [2.45, 2.75) is 57.4 Å².